The van der Waals surface area contributed by atoms with Gasteiger partial charge in [-0.25, -0.2) is 0 Å². The van der Waals surface area contributed by atoms with E-state index in [0.717, 1.165) is 19.1 Å². The van der Waals surface area contributed by atoms with Crippen LogP contribution in [0.2, 0.25) is 0 Å². The normalized spacial score (nSPS) is 27.0. The first-order valence-electron chi connectivity index (χ1n) is 4.32. The van der Waals surface area contributed by atoms with Crippen molar-refractivity contribution in [3.8, 4) is 11.8 Å². The van der Waals surface area contributed by atoms with Crippen LogP contribution in [-0.2, 0) is 4.79 Å². The van der Waals surface area contributed by atoms with Crippen molar-refractivity contribution in [3.05, 3.63) is 0 Å². The summed E-state index contributed by atoms with van der Waals surface area (Å²) in [6, 6.07) is 0. The van der Waals surface area contributed by atoms with Gasteiger partial charge >= 0.3 is 0 Å². The van der Waals surface area contributed by atoms with E-state index in [9.17, 15) is 4.79 Å². The second-order valence-corrected chi connectivity index (χ2v) is 3.07. The maximum atomic E-state index is 10.2. The Labute approximate surface area is 68.2 Å². The van der Waals surface area contributed by atoms with Crippen LogP contribution in [0.15, 0.2) is 0 Å². The van der Waals surface area contributed by atoms with Gasteiger partial charge in [0.1, 0.15) is 6.29 Å². The van der Waals surface area contributed by atoms with E-state index >= 15 is 0 Å². The first-order chi connectivity index (χ1) is 5.38. The topological polar surface area (TPSA) is 17.1 Å². The second-order valence-electron chi connectivity index (χ2n) is 3.07. The number of carbonyl (C=O) groups is 1. The van der Waals surface area contributed by atoms with Crippen LogP contribution in [-0.4, -0.2) is 6.29 Å². The Bertz CT molecular complexity index is 185. The molecule has 2 unspecified atom stereocenters. The highest BCUT2D eigenvalue weighted by atomic mass is 16.1. The first kappa shape index (κ1) is 8.33. The Balaban J connectivity index is 2.09. The number of hydrogen-bond acceptors (Lipinski definition) is 1. The van der Waals surface area contributed by atoms with E-state index in [1.165, 1.54) is 12.8 Å². The van der Waals surface area contributed by atoms with Crippen LogP contribution in [0.4, 0.5) is 0 Å². The zero-order valence-electron chi connectivity index (χ0n) is 6.97. The van der Waals surface area contributed by atoms with Crippen LogP contribution < -0.4 is 0 Å². The summed E-state index contributed by atoms with van der Waals surface area (Å²) in [6.07, 6.45) is 5.42. The molecule has 0 radical (unpaired) electrons. The Hall–Kier alpha value is -0.770. The smallest absolute Gasteiger partial charge is 0.124 e. The summed E-state index contributed by atoms with van der Waals surface area (Å²) in [6.45, 7) is 2.16. The molecule has 60 valence electrons. The van der Waals surface area contributed by atoms with E-state index in [4.69, 9.17) is 0 Å². The van der Waals surface area contributed by atoms with Crippen molar-refractivity contribution < 1.29 is 4.79 Å². The van der Waals surface area contributed by atoms with Crippen LogP contribution in [0.1, 0.15) is 32.6 Å². The van der Waals surface area contributed by atoms with Crippen molar-refractivity contribution in [2.45, 2.75) is 32.6 Å². The molecule has 0 spiro atoms. The quantitative estimate of drug-likeness (QED) is 0.342. The van der Waals surface area contributed by atoms with E-state index in [2.05, 4.69) is 18.8 Å². The number of carbonyl (C=O) groups excluding carboxylic acids is 1. The maximum Gasteiger partial charge on any atom is 0.124 e. The van der Waals surface area contributed by atoms with Crippen LogP contribution in [0.5, 0.6) is 0 Å². The van der Waals surface area contributed by atoms with Crippen molar-refractivity contribution in [2.75, 3.05) is 0 Å². The number of unbranched alkanes of at least 4 members (excludes halogenated alkanes) is 2. The second kappa shape index (κ2) is 4.18. The third kappa shape index (κ3) is 2.76. The zero-order valence-corrected chi connectivity index (χ0v) is 6.97. The van der Waals surface area contributed by atoms with Gasteiger partial charge in [0.15, 0.2) is 0 Å². The molecular weight excluding hydrogens is 136 g/mol. The average molecular weight is 150 g/mol. The van der Waals surface area contributed by atoms with E-state index in [0.29, 0.717) is 5.92 Å². The summed E-state index contributed by atoms with van der Waals surface area (Å²) in [5.41, 5.74) is 0. The Morgan fingerprint density at radius 2 is 2.45 bits per heavy atom. The minimum atomic E-state index is 0.268. The molecule has 1 nitrogen and oxygen atoms in total. The standard InChI is InChI=1S/C10H14O/c1-2-3-4-5-6-9-7-10(9)8-11/h8-10H,2-4,7H2,1H3. The Morgan fingerprint density at radius 1 is 1.64 bits per heavy atom. The molecule has 1 saturated carbocycles. The van der Waals surface area contributed by atoms with Gasteiger partial charge < -0.3 is 4.79 Å². The van der Waals surface area contributed by atoms with Crippen molar-refractivity contribution >= 4 is 6.29 Å². The molecule has 0 saturated heterocycles. The largest absolute Gasteiger partial charge is 0.303 e. The monoisotopic (exact) mass is 150 g/mol. The highest BCUT2D eigenvalue weighted by molar-refractivity contribution is 5.59. The van der Waals surface area contributed by atoms with Crippen molar-refractivity contribution in [3.63, 3.8) is 0 Å². The Morgan fingerprint density at radius 3 is 3.00 bits per heavy atom. The average Bonchev–Trinajstić information content (AvgIpc) is 2.77. The van der Waals surface area contributed by atoms with Crippen molar-refractivity contribution in [1.29, 1.82) is 0 Å². The third-order valence-corrected chi connectivity index (χ3v) is 1.96. The van der Waals surface area contributed by atoms with E-state index in [1.54, 1.807) is 0 Å². The fourth-order valence-electron chi connectivity index (χ4n) is 0.999. The molecule has 0 aromatic carbocycles. The summed E-state index contributed by atoms with van der Waals surface area (Å²) in [5.74, 6) is 6.89. The summed E-state index contributed by atoms with van der Waals surface area (Å²) in [4.78, 5) is 10.2. The number of aldehydes is 1. The predicted molar refractivity (Wildman–Crippen MR) is 45.0 cm³/mol. The lowest BCUT2D eigenvalue weighted by molar-refractivity contribution is -0.108. The molecule has 0 bridgehead atoms. The molecule has 0 amide bonds. The number of rotatable bonds is 3. The highest BCUT2D eigenvalue weighted by Gasteiger charge is 2.34. The van der Waals surface area contributed by atoms with Gasteiger partial charge in [0.05, 0.1) is 0 Å². The fraction of sp³-hybridized carbons (Fsp3) is 0.700. The number of hydrogen-bond donors (Lipinski definition) is 0. The molecule has 0 heterocycles. The molecule has 0 aromatic heterocycles. The SMILES string of the molecule is CCCCC#CC1CC1C=O. The minimum absolute atomic E-state index is 0.268. The lowest BCUT2D eigenvalue weighted by Gasteiger charge is -1.83. The molecule has 0 aliphatic heterocycles. The van der Waals surface area contributed by atoms with E-state index < -0.39 is 0 Å². The minimum Gasteiger partial charge on any atom is -0.303 e. The van der Waals surface area contributed by atoms with Gasteiger partial charge in [-0.2, -0.15) is 0 Å². The van der Waals surface area contributed by atoms with Crippen LogP contribution in [0, 0.1) is 23.7 Å². The third-order valence-electron chi connectivity index (χ3n) is 1.96. The molecule has 0 N–H and O–H groups in total. The Kier molecular flexibility index (Phi) is 3.16. The molecule has 1 aliphatic rings. The van der Waals surface area contributed by atoms with Crippen molar-refractivity contribution in [1.82, 2.24) is 0 Å². The molecule has 1 rings (SSSR count). The summed E-state index contributed by atoms with van der Waals surface area (Å²) in [5, 5.41) is 0. The van der Waals surface area contributed by atoms with Gasteiger partial charge in [-0.1, -0.05) is 19.3 Å². The van der Waals surface area contributed by atoms with Crippen LogP contribution in [0.3, 0.4) is 0 Å². The molecule has 0 aromatic rings. The lowest BCUT2D eigenvalue weighted by Crippen LogP contribution is -1.78. The van der Waals surface area contributed by atoms with Gasteiger partial charge in [-0.15, -0.1) is 5.92 Å². The summed E-state index contributed by atoms with van der Waals surface area (Å²) in [7, 11) is 0. The van der Waals surface area contributed by atoms with E-state index in [1.807, 2.05) is 0 Å². The molecular formula is C10H14O. The van der Waals surface area contributed by atoms with E-state index in [-0.39, 0.29) is 5.92 Å². The molecule has 2 atom stereocenters. The summed E-state index contributed by atoms with van der Waals surface area (Å²) < 4.78 is 0. The zero-order chi connectivity index (χ0) is 8.10. The highest BCUT2D eigenvalue weighted by Crippen LogP contribution is 2.35. The van der Waals surface area contributed by atoms with Crippen LogP contribution >= 0.6 is 0 Å². The molecule has 1 heteroatoms. The predicted octanol–water partition coefficient (Wildman–Crippen LogP) is 2.02. The maximum absolute atomic E-state index is 10.2. The molecule has 1 aliphatic carbocycles. The van der Waals surface area contributed by atoms with Gasteiger partial charge in [-0.3, -0.25) is 0 Å². The molecule has 1 fully saturated rings. The fourth-order valence-corrected chi connectivity index (χ4v) is 0.999. The van der Waals surface area contributed by atoms with Crippen molar-refractivity contribution in [2.24, 2.45) is 11.8 Å². The van der Waals surface area contributed by atoms with Gasteiger partial charge in [0.25, 0.3) is 0 Å². The van der Waals surface area contributed by atoms with Gasteiger partial charge in [-0.05, 0) is 12.8 Å². The first-order valence-corrected chi connectivity index (χ1v) is 4.32. The van der Waals surface area contributed by atoms with Gasteiger partial charge in [0, 0.05) is 18.3 Å². The van der Waals surface area contributed by atoms with Gasteiger partial charge in [0.2, 0.25) is 0 Å². The lowest BCUT2D eigenvalue weighted by atomic mass is 10.2. The molecule has 11 heavy (non-hydrogen) atoms. The van der Waals surface area contributed by atoms with Crippen LogP contribution in [0.25, 0.3) is 0 Å². The summed E-state index contributed by atoms with van der Waals surface area (Å²) >= 11 is 0.